The zero-order valence-corrected chi connectivity index (χ0v) is 14.0. The summed E-state index contributed by atoms with van der Waals surface area (Å²) in [4.78, 5) is 8.32. The lowest BCUT2D eigenvalue weighted by molar-refractivity contribution is 0.415. The van der Waals surface area contributed by atoms with Crippen LogP contribution in [0.1, 0.15) is 31.9 Å². The quantitative estimate of drug-likeness (QED) is 0.666. The van der Waals surface area contributed by atoms with Gasteiger partial charge in [0, 0.05) is 5.56 Å². The van der Waals surface area contributed by atoms with Crippen LogP contribution in [0.5, 0.6) is 5.75 Å². The molecule has 3 rings (SSSR count). The van der Waals surface area contributed by atoms with Gasteiger partial charge in [0.2, 0.25) is 5.71 Å². The van der Waals surface area contributed by atoms with Gasteiger partial charge in [-0.15, -0.1) is 0 Å². The number of nitrogen functional groups attached to an aromatic ring is 1. The molecular formula is C19H21N3O2. The Morgan fingerprint density at radius 3 is 2.71 bits per heavy atom. The Kier molecular flexibility index (Phi) is 4.79. The van der Waals surface area contributed by atoms with Crippen molar-refractivity contribution in [2.75, 3.05) is 12.8 Å². The first-order valence-electron chi connectivity index (χ1n) is 8.08. The summed E-state index contributed by atoms with van der Waals surface area (Å²) < 4.78 is 11.2. The molecule has 0 aliphatic rings. The van der Waals surface area contributed by atoms with E-state index in [0.717, 1.165) is 47.3 Å². The SMILES string of the molecule is CCCC/C=C/c1oc2ncnc(N)c2c1-c1ccc(OC)cc1. The van der Waals surface area contributed by atoms with Crippen molar-refractivity contribution < 1.29 is 9.15 Å². The molecule has 5 heteroatoms. The maximum Gasteiger partial charge on any atom is 0.232 e. The molecule has 0 saturated heterocycles. The number of benzene rings is 1. The lowest BCUT2D eigenvalue weighted by Gasteiger charge is -2.04. The number of fused-ring (bicyclic) bond motifs is 1. The Balaban J connectivity index is 2.12. The average Bonchev–Trinajstić information content (AvgIpc) is 2.98. The molecule has 0 amide bonds. The monoisotopic (exact) mass is 323 g/mol. The van der Waals surface area contributed by atoms with Crippen LogP contribution in [0.3, 0.4) is 0 Å². The molecule has 0 atom stereocenters. The zero-order valence-electron chi connectivity index (χ0n) is 14.0. The summed E-state index contributed by atoms with van der Waals surface area (Å²) in [6.07, 6.45) is 8.86. The molecule has 2 N–H and O–H groups in total. The first kappa shape index (κ1) is 16.1. The summed E-state index contributed by atoms with van der Waals surface area (Å²) in [7, 11) is 1.65. The smallest absolute Gasteiger partial charge is 0.232 e. The van der Waals surface area contributed by atoms with Crippen molar-refractivity contribution >= 4 is 23.0 Å². The minimum absolute atomic E-state index is 0.419. The van der Waals surface area contributed by atoms with Gasteiger partial charge < -0.3 is 14.9 Å². The van der Waals surface area contributed by atoms with Crippen molar-refractivity contribution in [2.24, 2.45) is 0 Å². The Bertz CT molecular complexity index is 851. The first-order chi connectivity index (χ1) is 11.7. The fraction of sp³-hybridized carbons (Fsp3) is 0.263. The van der Waals surface area contributed by atoms with E-state index in [1.54, 1.807) is 7.11 Å². The largest absolute Gasteiger partial charge is 0.497 e. The van der Waals surface area contributed by atoms with Crippen LogP contribution < -0.4 is 10.5 Å². The number of rotatable bonds is 6. The molecule has 0 aliphatic carbocycles. The Morgan fingerprint density at radius 1 is 1.21 bits per heavy atom. The number of hydrogen-bond donors (Lipinski definition) is 1. The zero-order chi connectivity index (χ0) is 16.9. The molecule has 0 spiro atoms. The molecule has 2 heterocycles. The fourth-order valence-electron chi connectivity index (χ4n) is 2.65. The number of ether oxygens (including phenoxy) is 1. The standard InChI is InChI=1S/C19H21N3O2/c1-3-4-5-6-7-15-16(13-8-10-14(23-2)11-9-13)17-18(20)21-12-22-19(17)24-15/h6-12H,3-5H2,1-2H3,(H2,20,21,22)/b7-6+. The van der Waals surface area contributed by atoms with Crippen LogP contribution in [0.4, 0.5) is 5.82 Å². The van der Waals surface area contributed by atoms with Gasteiger partial charge in [-0.2, -0.15) is 0 Å². The predicted octanol–water partition coefficient (Wildman–Crippen LogP) is 4.68. The molecule has 0 saturated carbocycles. The fourth-order valence-corrected chi connectivity index (χ4v) is 2.65. The van der Waals surface area contributed by atoms with Crippen LogP contribution in [-0.2, 0) is 0 Å². The van der Waals surface area contributed by atoms with E-state index in [1.165, 1.54) is 6.33 Å². The number of unbranched alkanes of at least 4 members (excludes halogenated alkanes) is 2. The van der Waals surface area contributed by atoms with Gasteiger partial charge in [0.05, 0.1) is 12.5 Å². The van der Waals surface area contributed by atoms with Crippen molar-refractivity contribution in [3.63, 3.8) is 0 Å². The second-order valence-corrected chi connectivity index (χ2v) is 5.55. The van der Waals surface area contributed by atoms with Gasteiger partial charge in [0.1, 0.15) is 23.7 Å². The van der Waals surface area contributed by atoms with E-state index in [-0.39, 0.29) is 0 Å². The molecule has 0 unspecified atom stereocenters. The molecule has 0 aliphatic heterocycles. The molecule has 0 bridgehead atoms. The van der Waals surface area contributed by atoms with E-state index in [9.17, 15) is 0 Å². The highest BCUT2D eigenvalue weighted by Crippen LogP contribution is 2.37. The molecule has 0 fully saturated rings. The van der Waals surface area contributed by atoms with Gasteiger partial charge in [0.15, 0.2) is 0 Å². The van der Waals surface area contributed by atoms with Gasteiger partial charge >= 0.3 is 0 Å². The van der Waals surface area contributed by atoms with Crippen molar-refractivity contribution in [2.45, 2.75) is 26.2 Å². The normalized spacial score (nSPS) is 11.4. The Labute approximate surface area is 141 Å². The number of hydrogen-bond acceptors (Lipinski definition) is 5. The molecule has 3 aromatic rings. The molecule has 5 nitrogen and oxygen atoms in total. The molecular weight excluding hydrogens is 302 g/mol. The molecule has 2 aromatic heterocycles. The number of allylic oxidation sites excluding steroid dienone is 1. The summed E-state index contributed by atoms with van der Waals surface area (Å²) in [5.74, 6) is 1.97. The first-order valence-corrected chi connectivity index (χ1v) is 8.08. The number of aromatic nitrogens is 2. The third-order valence-corrected chi connectivity index (χ3v) is 3.92. The third-order valence-electron chi connectivity index (χ3n) is 3.92. The van der Waals surface area contributed by atoms with E-state index in [4.69, 9.17) is 14.9 Å². The Morgan fingerprint density at radius 2 is 2.00 bits per heavy atom. The van der Waals surface area contributed by atoms with Crippen molar-refractivity contribution in [3.8, 4) is 16.9 Å². The van der Waals surface area contributed by atoms with Crippen LogP contribution in [0.25, 0.3) is 28.3 Å². The maximum atomic E-state index is 6.08. The van der Waals surface area contributed by atoms with E-state index in [0.29, 0.717) is 11.5 Å². The number of anilines is 1. The van der Waals surface area contributed by atoms with Crippen LogP contribution in [0.2, 0.25) is 0 Å². The predicted molar refractivity (Wildman–Crippen MR) is 96.8 cm³/mol. The lowest BCUT2D eigenvalue weighted by Crippen LogP contribution is -1.92. The summed E-state index contributed by atoms with van der Waals surface area (Å²) in [6, 6.07) is 7.80. The highest BCUT2D eigenvalue weighted by molar-refractivity contribution is 6.02. The lowest BCUT2D eigenvalue weighted by atomic mass is 10.0. The highest BCUT2D eigenvalue weighted by Gasteiger charge is 2.18. The van der Waals surface area contributed by atoms with Crippen molar-refractivity contribution in [3.05, 3.63) is 42.4 Å². The van der Waals surface area contributed by atoms with E-state index < -0.39 is 0 Å². The maximum absolute atomic E-state index is 6.08. The number of nitrogens with two attached hydrogens (primary N) is 1. The van der Waals surface area contributed by atoms with Crippen molar-refractivity contribution in [1.29, 1.82) is 0 Å². The second-order valence-electron chi connectivity index (χ2n) is 5.55. The molecule has 0 radical (unpaired) electrons. The summed E-state index contributed by atoms with van der Waals surface area (Å²) in [5.41, 5.74) is 8.49. The van der Waals surface area contributed by atoms with Crippen LogP contribution >= 0.6 is 0 Å². The molecule has 24 heavy (non-hydrogen) atoms. The molecule has 124 valence electrons. The average molecular weight is 323 g/mol. The Hall–Kier alpha value is -2.82. The van der Waals surface area contributed by atoms with E-state index in [1.807, 2.05) is 30.3 Å². The van der Waals surface area contributed by atoms with E-state index >= 15 is 0 Å². The third kappa shape index (κ3) is 3.11. The van der Waals surface area contributed by atoms with E-state index in [2.05, 4.69) is 23.0 Å². The van der Waals surface area contributed by atoms with Crippen LogP contribution in [0.15, 0.2) is 41.1 Å². The summed E-state index contributed by atoms with van der Waals surface area (Å²) in [5, 5.41) is 0.748. The molecule has 1 aromatic carbocycles. The minimum atomic E-state index is 0.419. The van der Waals surface area contributed by atoms with Crippen LogP contribution in [0, 0.1) is 0 Å². The number of nitrogens with zero attached hydrogens (tertiary/aromatic N) is 2. The summed E-state index contributed by atoms with van der Waals surface area (Å²) >= 11 is 0. The van der Waals surface area contributed by atoms with Gasteiger partial charge in [0.25, 0.3) is 0 Å². The van der Waals surface area contributed by atoms with Gasteiger partial charge in [-0.3, -0.25) is 0 Å². The van der Waals surface area contributed by atoms with Gasteiger partial charge in [-0.05, 0) is 30.2 Å². The second kappa shape index (κ2) is 7.17. The highest BCUT2D eigenvalue weighted by atomic mass is 16.5. The number of methoxy groups -OCH3 is 1. The summed E-state index contributed by atoms with van der Waals surface area (Å²) in [6.45, 7) is 2.17. The van der Waals surface area contributed by atoms with Gasteiger partial charge in [-0.25, -0.2) is 9.97 Å². The number of furan rings is 1. The van der Waals surface area contributed by atoms with Gasteiger partial charge in [-0.1, -0.05) is 38.0 Å². The minimum Gasteiger partial charge on any atom is -0.497 e. The van der Waals surface area contributed by atoms with Crippen LogP contribution in [-0.4, -0.2) is 17.1 Å². The topological polar surface area (TPSA) is 74.2 Å². The van der Waals surface area contributed by atoms with Crippen molar-refractivity contribution in [1.82, 2.24) is 9.97 Å².